The Morgan fingerprint density at radius 2 is 1.81 bits per heavy atom. The van der Waals surface area contributed by atoms with Crippen molar-refractivity contribution in [2.24, 2.45) is 5.14 Å². The van der Waals surface area contributed by atoms with Gasteiger partial charge in [0.1, 0.15) is 0 Å². The van der Waals surface area contributed by atoms with Gasteiger partial charge in [0.05, 0.1) is 10.9 Å². The first-order chi connectivity index (χ1) is 12.3. The number of urea groups is 1. The minimum Gasteiger partial charge on any atom is -0.337 e. The highest BCUT2D eigenvalue weighted by atomic mass is 32.2. The van der Waals surface area contributed by atoms with E-state index in [1.54, 1.807) is 24.3 Å². The largest absolute Gasteiger partial charge is 0.337 e. The zero-order valence-electron chi connectivity index (χ0n) is 14.2. The SMILES string of the molecule is CC1c2ccccc2C(=O)N1C(=O)NCCc1ccc(S(N)(=O)=O)cc1. The van der Waals surface area contributed by atoms with Crippen LogP contribution in [-0.2, 0) is 16.4 Å². The highest BCUT2D eigenvalue weighted by Gasteiger charge is 2.37. The normalized spacial score (nSPS) is 16.5. The van der Waals surface area contributed by atoms with Crippen LogP contribution in [0, 0.1) is 0 Å². The van der Waals surface area contributed by atoms with Crippen LogP contribution in [0.5, 0.6) is 0 Å². The van der Waals surface area contributed by atoms with Gasteiger partial charge in [-0.25, -0.2) is 18.4 Å². The van der Waals surface area contributed by atoms with Crippen LogP contribution in [0.1, 0.15) is 34.5 Å². The summed E-state index contributed by atoms with van der Waals surface area (Å²) in [5.41, 5.74) is 2.24. The number of amides is 3. The van der Waals surface area contributed by atoms with Crippen molar-refractivity contribution in [3.8, 4) is 0 Å². The smallest absolute Gasteiger partial charge is 0.324 e. The van der Waals surface area contributed by atoms with E-state index >= 15 is 0 Å². The molecule has 0 aromatic heterocycles. The molecule has 1 aliphatic heterocycles. The molecule has 0 radical (unpaired) electrons. The molecule has 1 unspecified atom stereocenters. The number of nitrogens with zero attached hydrogens (tertiary/aromatic N) is 1. The summed E-state index contributed by atoms with van der Waals surface area (Å²) in [4.78, 5) is 26.1. The van der Waals surface area contributed by atoms with E-state index in [1.807, 2.05) is 19.1 Å². The van der Waals surface area contributed by atoms with Gasteiger partial charge in [-0.1, -0.05) is 30.3 Å². The third-order valence-corrected chi connectivity index (χ3v) is 5.34. The van der Waals surface area contributed by atoms with Crippen LogP contribution >= 0.6 is 0 Å². The fourth-order valence-electron chi connectivity index (χ4n) is 3.01. The van der Waals surface area contributed by atoms with Crippen molar-refractivity contribution < 1.29 is 18.0 Å². The Labute approximate surface area is 151 Å². The average molecular weight is 373 g/mol. The molecule has 1 heterocycles. The van der Waals surface area contributed by atoms with Crippen molar-refractivity contribution in [2.45, 2.75) is 24.3 Å². The maximum absolute atomic E-state index is 12.4. The van der Waals surface area contributed by atoms with E-state index in [1.165, 1.54) is 17.0 Å². The topological polar surface area (TPSA) is 110 Å². The number of fused-ring (bicyclic) bond motifs is 1. The maximum Gasteiger partial charge on any atom is 0.324 e. The zero-order chi connectivity index (χ0) is 18.9. The molecule has 7 nitrogen and oxygen atoms in total. The van der Waals surface area contributed by atoms with Crippen molar-refractivity contribution in [1.29, 1.82) is 0 Å². The van der Waals surface area contributed by atoms with E-state index in [2.05, 4.69) is 5.32 Å². The van der Waals surface area contributed by atoms with Crippen molar-refractivity contribution in [3.63, 3.8) is 0 Å². The lowest BCUT2D eigenvalue weighted by atomic mass is 10.1. The highest BCUT2D eigenvalue weighted by Crippen LogP contribution is 2.32. The first-order valence-electron chi connectivity index (χ1n) is 8.11. The minimum absolute atomic E-state index is 0.0412. The molecule has 1 atom stereocenters. The monoisotopic (exact) mass is 373 g/mol. The minimum atomic E-state index is -3.72. The Balaban J connectivity index is 1.59. The lowest BCUT2D eigenvalue weighted by Crippen LogP contribution is -2.42. The van der Waals surface area contributed by atoms with Crippen molar-refractivity contribution in [2.75, 3.05) is 6.54 Å². The summed E-state index contributed by atoms with van der Waals surface area (Å²) in [6.07, 6.45) is 0.500. The van der Waals surface area contributed by atoms with Crippen LogP contribution in [0.3, 0.4) is 0 Å². The second-order valence-corrected chi connectivity index (χ2v) is 7.67. The van der Waals surface area contributed by atoms with Crippen LogP contribution in [0.4, 0.5) is 4.79 Å². The van der Waals surface area contributed by atoms with E-state index in [0.717, 1.165) is 11.1 Å². The summed E-state index contributed by atoms with van der Waals surface area (Å²) in [7, 11) is -3.72. The van der Waals surface area contributed by atoms with Crippen LogP contribution in [0.15, 0.2) is 53.4 Å². The molecule has 0 saturated heterocycles. The van der Waals surface area contributed by atoms with Gasteiger partial charge in [0.15, 0.2) is 0 Å². The number of nitrogens with one attached hydrogen (secondary N) is 1. The lowest BCUT2D eigenvalue weighted by molar-refractivity contribution is 0.0790. The second kappa shape index (κ2) is 6.89. The molecule has 0 spiro atoms. The molecule has 3 amide bonds. The van der Waals surface area contributed by atoms with E-state index in [0.29, 0.717) is 18.5 Å². The molecule has 2 aromatic carbocycles. The molecule has 0 fully saturated rings. The Kier molecular flexibility index (Phi) is 4.80. The van der Waals surface area contributed by atoms with Gasteiger partial charge in [0, 0.05) is 12.1 Å². The van der Waals surface area contributed by atoms with E-state index in [4.69, 9.17) is 5.14 Å². The maximum atomic E-state index is 12.4. The predicted molar refractivity (Wildman–Crippen MR) is 95.9 cm³/mol. The Bertz CT molecular complexity index is 955. The number of carbonyl (C=O) groups excluding carboxylic acids is 2. The molecular weight excluding hydrogens is 354 g/mol. The summed E-state index contributed by atoms with van der Waals surface area (Å²) in [5.74, 6) is -0.303. The molecule has 26 heavy (non-hydrogen) atoms. The molecule has 8 heteroatoms. The van der Waals surface area contributed by atoms with Gasteiger partial charge in [-0.15, -0.1) is 0 Å². The van der Waals surface area contributed by atoms with Gasteiger partial charge in [-0.3, -0.25) is 9.69 Å². The van der Waals surface area contributed by atoms with Crippen LogP contribution in [0.25, 0.3) is 0 Å². The number of primary sulfonamides is 1. The Hall–Kier alpha value is -2.71. The zero-order valence-corrected chi connectivity index (χ0v) is 15.0. The van der Waals surface area contributed by atoms with Crippen molar-refractivity contribution in [3.05, 3.63) is 65.2 Å². The van der Waals surface area contributed by atoms with Crippen molar-refractivity contribution >= 4 is 22.0 Å². The lowest BCUT2D eigenvalue weighted by Gasteiger charge is -2.20. The van der Waals surface area contributed by atoms with Gasteiger partial charge in [-0.05, 0) is 42.7 Å². The molecule has 2 aromatic rings. The van der Waals surface area contributed by atoms with Gasteiger partial charge in [0.2, 0.25) is 10.0 Å². The number of benzene rings is 2. The second-order valence-electron chi connectivity index (χ2n) is 6.11. The molecule has 0 saturated carbocycles. The summed E-state index contributed by atoms with van der Waals surface area (Å²) in [6, 6.07) is 12.6. The van der Waals surface area contributed by atoms with E-state index in [-0.39, 0.29) is 16.8 Å². The van der Waals surface area contributed by atoms with Gasteiger partial charge >= 0.3 is 6.03 Å². The molecule has 3 N–H and O–H groups in total. The predicted octanol–water partition coefficient (Wildman–Crippen LogP) is 1.80. The number of nitrogens with two attached hydrogens (primary N) is 1. The molecule has 3 rings (SSSR count). The van der Waals surface area contributed by atoms with Crippen molar-refractivity contribution in [1.82, 2.24) is 10.2 Å². The number of hydrogen-bond donors (Lipinski definition) is 2. The standard InChI is InChI=1S/C18H19N3O4S/c1-12-15-4-2-3-5-16(15)17(22)21(12)18(23)20-11-10-13-6-8-14(9-7-13)26(19,24)25/h2-9,12H,10-11H2,1H3,(H,20,23)(H2,19,24,25). The molecular formula is C18H19N3O4S. The van der Waals surface area contributed by atoms with Gasteiger partial charge in [0.25, 0.3) is 5.91 Å². The number of imide groups is 1. The fourth-order valence-corrected chi connectivity index (χ4v) is 3.53. The quantitative estimate of drug-likeness (QED) is 0.851. The number of hydrogen-bond acceptors (Lipinski definition) is 4. The van der Waals surface area contributed by atoms with E-state index in [9.17, 15) is 18.0 Å². The number of rotatable bonds is 4. The first kappa shape index (κ1) is 18.1. The molecule has 0 aliphatic carbocycles. The van der Waals surface area contributed by atoms with E-state index < -0.39 is 16.1 Å². The third kappa shape index (κ3) is 3.47. The summed E-state index contributed by atoms with van der Waals surface area (Å²) in [5, 5.41) is 7.79. The average Bonchev–Trinajstić information content (AvgIpc) is 2.86. The Morgan fingerprint density at radius 3 is 2.42 bits per heavy atom. The number of sulfonamides is 1. The molecule has 136 valence electrons. The summed E-state index contributed by atoms with van der Waals surface area (Å²) in [6.45, 7) is 2.13. The van der Waals surface area contributed by atoms with Crippen LogP contribution in [-0.4, -0.2) is 31.8 Å². The highest BCUT2D eigenvalue weighted by molar-refractivity contribution is 7.89. The van der Waals surface area contributed by atoms with Crippen LogP contribution < -0.4 is 10.5 Å². The van der Waals surface area contributed by atoms with Gasteiger partial charge < -0.3 is 5.32 Å². The number of carbonyl (C=O) groups is 2. The van der Waals surface area contributed by atoms with Gasteiger partial charge in [-0.2, -0.15) is 0 Å². The molecule has 0 bridgehead atoms. The summed E-state index contributed by atoms with van der Waals surface area (Å²) < 4.78 is 22.5. The third-order valence-electron chi connectivity index (χ3n) is 4.41. The molecule has 1 aliphatic rings. The Morgan fingerprint density at radius 1 is 1.15 bits per heavy atom. The summed E-state index contributed by atoms with van der Waals surface area (Å²) >= 11 is 0. The first-order valence-corrected chi connectivity index (χ1v) is 9.65. The fraction of sp³-hybridized carbons (Fsp3) is 0.222. The van der Waals surface area contributed by atoms with Crippen LogP contribution in [0.2, 0.25) is 0 Å².